The van der Waals surface area contributed by atoms with E-state index < -0.39 is 6.17 Å². The molecule has 0 spiro atoms. The van der Waals surface area contributed by atoms with Crippen molar-refractivity contribution in [1.29, 1.82) is 0 Å². The maximum Gasteiger partial charge on any atom is 0.103 e. The van der Waals surface area contributed by atoms with E-state index in [1.807, 2.05) is 0 Å². The summed E-state index contributed by atoms with van der Waals surface area (Å²) in [4.78, 5) is 5.21. The highest BCUT2D eigenvalue weighted by Gasteiger charge is 2.29. The second kappa shape index (κ2) is 8.63. The van der Waals surface area contributed by atoms with Crippen LogP contribution in [0.3, 0.4) is 0 Å². The van der Waals surface area contributed by atoms with Crippen molar-refractivity contribution in [3.05, 3.63) is 0 Å². The first-order valence-electron chi connectivity index (χ1n) is 9.56. The fourth-order valence-electron chi connectivity index (χ4n) is 4.16. The van der Waals surface area contributed by atoms with Gasteiger partial charge in [-0.2, -0.15) is 0 Å². The van der Waals surface area contributed by atoms with Crippen LogP contribution in [0.1, 0.15) is 59.8 Å². The normalized spacial score (nSPS) is 25.2. The van der Waals surface area contributed by atoms with E-state index in [0.29, 0.717) is 17.9 Å². The van der Waals surface area contributed by atoms with E-state index in [1.54, 1.807) is 0 Å². The van der Waals surface area contributed by atoms with Crippen molar-refractivity contribution in [3.8, 4) is 0 Å². The zero-order chi connectivity index (χ0) is 16.1. The molecule has 2 aliphatic heterocycles. The standard InChI is InChI=1S/C19H37FN2/c1-15(2)13-19(20)18-7-9-21(10-8-18)14-17-5-11-22(12-6-17)16(3)4/h15-19H,5-14H2,1-4H3/t19-/m1/s1. The van der Waals surface area contributed by atoms with Gasteiger partial charge >= 0.3 is 0 Å². The molecule has 0 aromatic carbocycles. The summed E-state index contributed by atoms with van der Waals surface area (Å²) in [5, 5.41) is 0. The van der Waals surface area contributed by atoms with Crippen molar-refractivity contribution in [1.82, 2.24) is 9.80 Å². The van der Waals surface area contributed by atoms with Gasteiger partial charge in [-0.3, -0.25) is 0 Å². The molecule has 2 fully saturated rings. The van der Waals surface area contributed by atoms with Crippen LogP contribution in [0.5, 0.6) is 0 Å². The molecule has 3 heteroatoms. The van der Waals surface area contributed by atoms with Gasteiger partial charge in [-0.05, 0) is 89.9 Å². The van der Waals surface area contributed by atoms with Gasteiger partial charge < -0.3 is 9.80 Å². The molecule has 2 nitrogen and oxygen atoms in total. The van der Waals surface area contributed by atoms with E-state index in [0.717, 1.165) is 38.3 Å². The van der Waals surface area contributed by atoms with Crippen LogP contribution in [-0.4, -0.2) is 54.7 Å². The van der Waals surface area contributed by atoms with Crippen molar-refractivity contribution >= 4 is 0 Å². The van der Waals surface area contributed by atoms with Gasteiger partial charge in [0.2, 0.25) is 0 Å². The Bertz CT molecular complexity index is 303. The average Bonchev–Trinajstić information content (AvgIpc) is 2.48. The van der Waals surface area contributed by atoms with Crippen LogP contribution >= 0.6 is 0 Å². The van der Waals surface area contributed by atoms with Crippen molar-refractivity contribution in [2.24, 2.45) is 17.8 Å². The fourth-order valence-corrected chi connectivity index (χ4v) is 4.16. The second-order valence-corrected chi connectivity index (χ2v) is 8.36. The maximum absolute atomic E-state index is 14.2. The van der Waals surface area contributed by atoms with Crippen molar-refractivity contribution < 1.29 is 4.39 Å². The molecule has 22 heavy (non-hydrogen) atoms. The summed E-state index contributed by atoms with van der Waals surface area (Å²) in [5.41, 5.74) is 0. The molecule has 0 saturated carbocycles. The fraction of sp³-hybridized carbons (Fsp3) is 1.00. The summed E-state index contributed by atoms with van der Waals surface area (Å²) in [6.07, 6.45) is 5.00. The Kier molecular flexibility index (Phi) is 7.14. The first-order chi connectivity index (χ1) is 10.5. The molecule has 0 aromatic rings. The van der Waals surface area contributed by atoms with Crippen molar-refractivity contribution in [2.75, 3.05) is 32.7 Å². The number of hydrogen-bond acceptors (Lipinski definition) is 2. The number of likely N-dealkylation sites (tertiary alicyclic amines) is 2. The van der Waals surface area contributed by atoms with Gasteiger partial charge in [-0.1, -0.05) is 13.8 Å². The molecule has 2 heterocycles. The Labute approximate surface area is 137 Å². The lowest BCUT2D eigenvalue weighted by molar-refractivity contribution is 0.0790. The Morgan fingerprint density at radius 3 is 2.00 bits per heavy atom. The van der Waals surface area contributed by atoms with Crippen molar-refractivity contribution in [3.63, 3.8) is 0 Å². The first-order valence-corrected chi connectivity index (χ1v) is 9.56. The monoisotopic (exact) mass is 312 g/mol. The highest BCUT2D eigenvalue weighted by molar-refractivity contribution is 4.82. The number of rotatable bonds is 6. The Balaban J connectivity index is 1.66. The average molecular weight is 313 g/mol. The minimum absolute atomic E-state index is 0.321. The van der Waals surface area contributed by atoms with Gasteiger partial charge in [0.1, 0.15) is 6.17 Å². The predicted molar refractivity (Wildman–Crippen MR) is 92.9 cm³/mol. The molecule has 0 aliphatic carbocycles. The molecule has 2 rings (SSSR count). The third kappa shape index (κ3) is 5.49. The molecule has 0 radical (unpaired) electrons. The molecule has 2 aliphatic rings. The summed E-state index contributed by atoms with van der Waals surface area (Å²) >= 11 is 0. The Hall–Kier alpha value is -0.150. The van der Waals surface area contributed by atoms with Crippen LogP contribution in [-0.2, 0) is 0 Å². The number of hydrogen-bond donors (Lipinski definition) is 0. The van der Waals surface area contributed by atoms with Crippen LogP contribution in [0.15, 0.2) is 0 Å². The largest absolute Gasteiger partial charge is 0.303 e. The maximum atomic E-state index is 14.2. The van der Waals surface area contributed by atoms with E-state index in [1.165, 1.54) is 32.5 Å². The van der Waals surface area contributed by atoms with E-state index in [4.69, 9.17) is 0 Å². The molecule has 0 bridgehead atoms. The van der Waals surface area contributed by atoms with E-state index in [-0.39, 0.29) is 0 Å². The molecule has 0 amide bonds. The van der Waals surface area contributed by atoms with E-state index in [2.05, 4.69) is 37.5 Å². The lowest BCUT2D eigenvalue weighted by Gasteiger charge is -2.39. The summed E-state index contributed by atoms with van der Waals surface area (Å²) in [6.45, 7) is 14.9. The highest BCUT2D eigenvalue weighted by Crippen LogP contribution is 2.28. The van der Waals surface area contributed by atoms with Gasteiger partial charge in [0.15, 0.2) is 0 Å². The zero-order valence-electron chi connectivity index (χ0n) is 15.2. The van der Waals surface area contributed by atoms with Gasteiger partial charge in [0.25, 0.3) is 0 Å². The number of halogens is 1. The molecule has 0 N–H and O–H groups in total. The van der Waals surface area contributed by atoms with Crippen LogP contribution < -0.4 is 0 Å². The van der Waals surface area contributed by atoms with Crippen LogP contribution in [0.4, 0.5) is 4.39 Å². The number of piperidine rings is 2. The van der Waals surface area contributed by atoms with Crippen LogP contribution in [0.2, 0.25) is 0 Å². The zero-order valence-corrected chi connectivity index (χ0v) is 15.2. The number of alkyl halides is 1. The molecule has 2 saturated heterocycles. The minimum atomic E-state index is -0.573. The van der Waals surface area contributed by atoms with Gasteiger partial charge in [-0.25, -0.2) is 4.39 Å². The molecule has 0 aromatic heterocycles. The lowest BCUT2D eigenvalue weighted by Crippen LogP contribution is -2.44. The molecule has 130 valence electrons. The van der Waals surface area contributed by atoms with Crippen molar-refractivity contribution in [2.45, 2.75) is 72.0 Å². The number of nitrogens with zero attached hydrogens (tertiary/aromatic N) is 2. The third-order valence-corrected chi connectivity index (χ3v) is 5.74. The predicted octanol–water partition coefficient (Wildman–Crippen LogP) is 4.20. The van der Waals surface area contributed by atoms with E-state index >= 15 is 0 Å². The van der Waals surface area contributed by atoms with Gasteiger partial charge in [0.05, 0.1) is 0 Å². The molecule has 1 atom stereocenters. The molecular weight excluding hydrogens is 275 g/mol. The second-order valence-electron chi connectivity index (χ2n) is 8.36. The SMILES string of the molecule is CC(C)C[C@@H](F)C1CCN(CC2CCN(C(C)C)CC2)CC1. The Morgan fingerprint density at radius 1 is 0.909 bits per heavy atom. The van der Waals surface area contributed by atoms with Gasteiger partial charge in [-0.15, -0.1) is 0 Å². The van der Waals surface area contributed by atoms with E-state index in [9.17, 15) is 4.39 Å². The smallest absolute Gasteiger partial charge is 0.103 e. The summed E-state index contributed by atoms with van der Waals surface area (Å²) < 4.78 is 14.2. The third-order valence-electron chi connectivity index (χ3n) is 5.74. The minimum Gasteiger partial charge on any atom is -0.303 e. The van der Waals surface area contributed by atoms with Gasteiger partial charge in [0, 0.05) is 12.6 Å². The van der Waals surface area contributed by atoms with Crippen LogP contribution in [0, 0.1) is 17.8 Å². The van der Waals surface area contributed by atoms with Crippen LogP contribution in [0.25, 0.3) is 0 Å². The first kappa shape index (κ1) is 18.2. The molecule has 0 unspecified atom stereocenters. The highest BCUT2D eigenvalue weighted by atomic mass is 19.1. The summed E-state index contributed by atoms with van der Waals surface area (Å²) in [5.74, 6) is 1.67. The quantitative estimate of drug-likeness (QED) is 0.725. The summed E-state index contributed by atoms with van der Waals surface area (Å²) in [7, 11) is 0. The molecular formula is C19H37FN2. The topological polar surface area (TPSA) is 6.48 Å². The summed E-state index contributed by atoms with van der Waals surface area (Å²) in [6, 6.07) is 0.694. The lowest BCUT2D eigenvalue weighted by atomic mass is 9.87. The Morgan fingerprint density at radius 2 is 1.50 bits per heavy atom.